The predicted molar refractivity (Wildman–Crippen MR) is 86.9 cm³/mol. The maximum absolute atomic E-state index is 13.1. The molecule has 25 heavy (non-hydrogen) atoms. The van der Waals surface area contributed by atoms with Crippen LogP contribution in [-0.4, -0.2) is 29.7 Å². The molecule has 0 atom stereocenters. The zero-order valence-corrected chi connectivity index (χ0v) is 12.7. The van der Waals surface area contributed by atoms with E-state index in [1.165, 1.54) is 10.9 Å². The summed E-state index contributed by atoms with van der Waals surface area (Å²) in [6.07, 6.45) is 3.63. The van der Waals surface area contributed by atoms with Crippen molar-refractivity contribution in [3.8, 4) is 5.95 Å². The van der Waals surface area contributed by atoms with Crippen LogP contribution < -0.4 is 5.32 Å². The number of anilines is 2. The summed E-state index contributed by atoms with van der Waals surface area (Å²) in [7, 11) is 0. The van der Waals surface area contributed by atoms with Crippen LogP contribution in [0.4, 0.5) is 20.3 Å². The molecule has 1 N–H and O–H groups in total. The Bertz CT molecular complexity index is 1020. The van der Waals surface area contributed by atoms with Gasteiger partial charge in [0.05, 0.1) is 23.6 Å². The van der Waals surface area contributed by atoms with Gasteiger partial charge in [0.1, 0.15) is 5.82 Å². The fourth-order valence-corrected chi connectivity index (χ4v) is 2.33. The lowest BCUT2D eigenvalue weighted by Gasteiger charge is -2.09. The molecule has 0 aliphatic rings. The van der Waals surface area contributed by atoms with E-state index in [0.29, 0.717) is 22.5 Å². The highest BCUT2D eigenvalue weighted by Gasteiger charge is 2.15. The van der Waals surface area contributed by atoms with Crippen LogP contribution in [0.1, 0.15) is 12.2 Å². The highest BCUT2D eigenvalue weighted by Crippen LogP contribution is 2.26. The summed E-state index contributed by atoms with van der Waals surface area (Å²) in [4.78, 5) is 16.0. The van der Waals surface area contributed by atoms with Crippen molar-refractivity contribution in [2.24, 2.45) is 0 Å². The van der Waals surface area contributed by atoms with Gasteiger partial charge in [0.25, 0.3) is 6.43 Å². The summed E-state index contributed by atoms with van der Waals surface area (Å²) in [5, 5.41) is 7.80. The van der Waals surface area contributed by atoms with Crippen LogP contribution in [0.15, 0.2) is 55.1 Å². The number of nitrogens with zero attached hydrogens (tertiary/aromatic N) is 6. The number of para-hydroxylation sites is 1. The lowest BCUT2D eigenvalue weighted by Crippen LogP contribution is -2.02. The predicted octanol–water partition coefficient (Wildman–Crippen LogP) is 3.29. The summed E-state index contributed by atoms with van der Waals surface area (Å²) in [6, 6.07) is 8.65. The second-order valence-corrected chi connectivity index (χ2v) is 5.10. The van der Waals surface area contributed by atoms with Crippen LogP contribution in [0.5, 0.6) is 0 Å². The van der Waals surface area contributed by atoms with E-state index in [2.05, 4.69) is 30.4 Å². The van der Waals surface area contributed by atoms with Crippen molar-refractivity contribution in [3.05, 3.63) is 60.9 Å². The molecule has 0 saturated heterocycles. The standard InChI is InChI=1S/C16H11F2N7/c17-13(18)15-23-12-5-2-1-4-11(12)14(24-15)22-10-8-21-25(9-10)16-19-6-3-7-20-16/h1-9,13H,(H,22,23,24). The quantitative estimate of drug-likeness (QED) is 0.614. The SMILES string of the molecule is FC(F)c1nc(Nc2cnn(-c3ncccn3)c2)c2ccccc2n1. The third-order valence-corrected chi connectivity index (χ3v) is 3.42. The molecule has 0 radical (unpaired) electrons. The Balaban J connectivity index is 1.72. The molecule has 3 heterocycles. The van der Waals surface area contributed by atoms with Gasteiger partial charge in [0.2, 0.25) is 5.95 Å². The van der Waals surface area contributed by atoms with Gasteiger partial charge >= 0.3 is 0 Å². The van der Waals surface area contributed by atoms with Crippen LogP contribution >= 0.6 is 0 Å². The van der Waals surface area contributed by atoms with Crippen LogP contribution in [0, 0.1) is 0 Å². The fourth-order valence-electron chi connectivity index (χ4n) is 2.33. The van der Waals surface area contributed by atoms with Gasteiger partial charge < -0.3 is 5.32 Å². The minimum Gasteiger partial charge on any atom is -0.337 e. The van der Waals surface area contributed by atoms with Gasteiger partial charge in [-0.25, -0.2) is 33.4 Å². The first-order valence-electron chi connectivity index (χ1n) is 7.34. The van der Waals surface area contributed by atoms with E-state index in [-0.39, 0.29) is 5.82 Å². The monoisotopic (exact) mass is 339 g/mol. The zero-order valence-electron chi connectivity index (χ0n) is 12.7. The minimum atomic E-state index is -2.76. The third-order valence-electron chi connectivity index (χ3n) is 3.42. The van der Waals surface area contributed by atoms with Crippen LogP contribution in [0.3, 0.4) is 0 Å². The summed E-state index contributed by atoms with van der Waals surface area (Å²) in [5.74, 6) is 0.158. The van der Waals surface area contributed by atoms with E-state index in [0.717, 1.165) is 0 Å². The van der Waals surface area contributed by atoms with E-state index in [4.69, 9.17) is 0 Å². The molecule has 0 aliphatic carbocycles. The summed E-state index contributed by atoms with van der Waals surface area (Å²) < 4.78 is 27.6. The Morgan fingerprint density at radius 3 is 2.60 bits per heavy atom. The third kappa shape index (κ3) is 2.99. The van der Waals surface area contributed by atoms with Gasteiger partial charge in [-0.2, -0.15) is 5.10 Å². The van der Waals surface area contributed by atoms with Gasteiger partial charge in [0.15, 0.2) is 5.82 Å². The number of hydrogen-bond donors (Lipinski definition) is 1. The number of benzene rings is 1. The molecule has 1 aromatic carbocycles. The van der Waals surface area contributed by atoms with E-state index in [9.17, 15) is 8.78 Å². The second kappa shape index (κ2) is 6.19. The topological polar surface area (TPSA) is 81.4 Å². The molecule has 0 bridgehead atoms. The Morgan fingerprint density at radius 1 is 1.00 bits per heavy atom. The highest BCUT2D eigenvalue weighted by molar-refractivity contribution is 5.90. The molecule has 0 amide bonds. The van der Waals surface area contributed by atoms with Crippen molar-refractivity contribution in [2.75, 3.05) is 5.32 Å². The smallest absolute Gasteiger partial charge is 0.297 e. The fraction of sp³-hybridized carbons (Fsp3) is 0.0625. The molecule has 0 saturated carbocycles. The number of nitrogens with one attached hydrogen (secondary N) is 1. The maximum atomic E-state index is 13.1. The molecule has 0 aliphatic heterocycles. The minimum absolute atomic E-state index is 0.287. The normalized spacial score (nSPS) is 11.2. The molecular weight excluding hydrogens is 328 g/mol. The molecule has 124 valence electrons. The second-order valence-electron chi connectivity index (χ2n) is 5.10. The van der Waals surface area contributed by atoms with E-state index < -0.39 is 12.2 Å². The molecule has 0 spiro atoms. The van der Waals surface area contributed by atoms with E-state index in [1.807, 2.05) is 0 Å². The van der Waals surface area contributed by atoms with Gasteiger partial charge in [-0.3, -0.25) is 0 Å². The number of halogens is 2. The number of aromatic nitrogens is 6. The van der Waals surface area contributed by atoms with Crippen LogP contribution in [0.2, 0.25) is 0 Å². The molecule has 0 fully saturated rings. The highest BCUT2D eigenvalue weighted by atomic mass is 19.3. The van der Waals surface area contributed by atoms with Crippen LogP contribution in [-0.2, 0) is 0 Å². The number of rotatable bonds is 4. The lowest BCUT2D eigenvalue weighted by atomic mass is 10.2. The van der Waals surface area contributed by atoms with Gasteiger partial charge in [0, 0.05) is 17.8 Å². The Hall–Kier alpha value is -3.49. The first-order valence-corrected chi connectivity index (χ1v) is 7.34. The molecule has 9 heteroatoms. The first-order chi connectivity index (χ1) is 12.2. The van der Waals surface area contributed by atoms with Crippen molar-refractivity contribution < 1.29 is 8.78 Å². The largest absolute Gasteiger partial charge is 0.337 e. The van der Waals surface area contributed by atoms with Crippen LogP contribution in [0.25, 0.3) is 16.9 Å². The summed E-state index contributed by atoms with van der Waals surface area (Å²) in [5.41, 5.74) is 1.01. The molecule has 4 aromatic rings. The first kappa shape index (κ1) is 15.1. The zero-order chi connectivity index (χ0) is 17.2. The van der Waals surface area contributed by atoms with Crippen molar-refractivity contribution in [1.82, 2.24) is 29.7 Å². The number of alkyl halides is 2. The average molecular weight is 339 g/mol. The molecule has 7 nitrogen and oxygen atoms in total. The van der Waals surface area contributed by atoms with Crippen molar-refractivity contribution >= 4 is 22.4 Å². The van der Waals surface area contributed by atoms with Crippen molar-refractivity contribution in [2.45, 2.75) is 6.43 Å². The van der Waals surface area contributed by atoms with Gasteiger partial charge in [-0.1, -0.05) is 12.1 Å². The maximum Gasteiger partial charge on any atom is 0.297 e. The number of fused-ring (bicyclic) bond motifs is 1. The average Bonchev–Trinajstić information content (AvgIpc) is 3.11. The van der Waals surface area contributed by atoms with Crippen molar-refractivity contribution in [1.29, 1.82) is 0 Å². The van der Waals surface area contributed by atoms with E-state index in [1.54, 1.807) is 48.9 Å². The van der Waals surface area contributed by atoms with Gasteiger partial charge in [-0.05, 0) is 18.2 Å². The Kier molecular flexibility index (Phi) is 3.73. The summed E-state index contributed by atoms with van der Waals surface area (Å²) in [6.45, 7) is 0. The van der Waals surface area contributed by atoms with Crippen molar-refractivity contribution in [3.63, 3.8) is 0 Å². The Labute approximate surface area is 140 Å². The molecular formula is C16H11F2N7. The lowest BCUT2D eigenvalue weighted by molar-refractivity contribution is 0.141. The molecule has 0 unspecified atom stereocenters. The number of hydrogen-bond acceptors (Lipinski definition) is 6. The van der Waals surface area contributed by atoms with Gasteiger partial charge in [-0.15, -0.1) is 0 Å². The molecule has 4 rings (SSSR count). The molecule has 3 aromatic heterocycles. The summed E-state index contributed by atoms with van der Waals surface area (Å²) >= 11 is 0. The van der Waals surface area contributed by atoms with E-state index >= 15 is 0 Å². The Morgan fingerprint density at radius 2 is 1.80 bits per heavy atom.